The van der Waals surface area contributed by atoms with Gasteiger partial charge < -0.3 is 16.0 Å². The van der Waals surface area contributed by atoms with Gasteiger partial charge in [0.2, 0.25) is 5.91 Å². The highest BCUT2D eigenvalue weighted by Crippen LogP contribution is 2.60. The molecule has 5 rings (SSSR count). The topological polar surface area (TPSA) is 53.2 Å². The van der Waals surface area contributed by atoms with E-state index in [4.69, 9.17) is 12.2 Å². The number of halogens is 12. The van der Waals surface area contributed by atoms with Crippen LogP contribution < -0.4 is 26.6 Å². The van der Waals surface area contributed by atoms with Gasteiger partial charge in [-0.05, 0) is 95.8 Å². The molecule has 336 valence electrons. The SMILES string of the molecule is CC(C)(C)[C@H](NC(=S)Nc1cc(C(F)(F)F)cc(C(F)(F)F)c1)C(=O)N[C@@H](Cc1ccccc1)C[P+](Cc1cc(C(F)(F)F)cc(C(F)(F)F)c1)(c1ccccc1)c1ccccc1. The van der Waals surface area contributed by atoms with Crippen molar-refractivity contribution in [1.82, 2.24) is 10.6 Å². The van der Waals surface area contributed by atoms with Crippen LogP contribution in [-0.4, -0.2) is 29.3 Å². The molecule has 0 fully saturated rings. The second kappa shape index (κ2) is 18.9. The predicted octanol–water partition coefficient (Wildman–Crippen LogP) is 12.1. The summed E-state index contributed by atoms with van der Waals surface area (Å²) in [6, 6.07) is 26.0. The van der Waals surface area contributed by atoms with E-state index < -0.39 is 88.4 Å². The van der Waals surface area contributed by atoms with Crippen molar-refractivity contribution in [2.45, 2.75) is 70.1 Å². The molecule has 0 heterocycles. The first-order chi connectivity index (χ1) is 29.1. The summed E-state index contributed by atoms with van der Waals surface area (Å²) in [5.74, 6) is -0.717. The van der Waals surface area contributed by atoms with Crippen molar-refractivity contribution in [2.75, 3.05) is 11.5 Å². The molecule has 0 spiro atoms. The van der Waals surface area contributed by atoms with Gasteiger partial charge in [0, 0.05) is 5.69 Å². The standard InChI is InChI=1S/C45H40F12N3OPS/c1-41(2,3)38(60-40(63)59-34-24-32(44(52,53)54)23-33(25-34)45(55,56)57)39(61)58-35(21-28-13-7-4-8-14-28)27-62(36-15-9-5-10-16-36,37-17-11-6-12-18-37)26-29-19-30(42(46,47)48)22-31(20-29)43(49,50)51/h4-20,22-25,35,38H,21,26-27H2,1-3H3,(H2-,58,59,60,61,63)/p+1/t35-,38+/m0/s1. The lowest BCUT2D eigenvalue weighted by molar-refractivity contribution is -0.144. The fourth-order valence-corrected chi connectivity index (χ4v) is 11.9. The second-order valence-electron chi connectivity index (χ2n) is 16.0. The number of hydrogen-bond donors (Lipinski definition) is 3. The fourth-order valence-electron chi connectivity index (χ4n) is 7.18. The number of amides is 1. The Morgan fingerprint density at radius 1 is 0.556 bits per heavy atom. The quantitative estimate of drug-likeness (QED) is 0.0663. The second-order valence-corrected chi connectivity index (χ2v) is 20.0. The average Bonchev–Trinajstić information content (AvgIpc) is 3.18. The van der Waals surface area contributed by atoms with Crippen molar-refractivity contribution in [3.8, 4) is 0 Å². The Kier molecular flexibility index (Phi) is 14.7. The molecule has 1 amide bonds. The highest BCUT2D eigenvalue weighted by molar-refractivity contribution is 7.88. The van der Waals surface area contributed by atoms with Crippen molar-refractivity contribution >= 4 is 46.8 Å². The number of alkyl halides is 12. The van der Waals surface area contributed by atoms with E-state index in [0.29, 0.717) is 40.4 Å². The van der Waals surface area contributed by atoms with Crippen LogP contribution in [-0.2, 0) is 42.1 Å². The lowest BCUT2D eigenvalue weighted by atomic mass is 9.86. The number of thiocarbonyl (C=S) groups is 1. The summed E-state index contributed by atoms with van der Waals surface area (Å²) in [7, 11) is -3.19. The molecular formula is C45H41F12N3OPS+. The van der Waals surface area contributed by atoms with Gasteiger partial charge in [0.1, 0.15) is 6.04 Å². The van der Waals surface area contributed by atoms with Gasteiger partial charge in [-0.3, -0.25) is 4.79 Å². The van der Waals surface area contributed by atoms with Crippen LogP contribution in [0.25, 0.3) is 0 Å². The lowest BCUT2D eigenvalue weighted by Gasteiger charge is -2.35. The molecular weight excluding hydrogens is 890 g/mol. The summed E-state index contributed by atoms with van der Waals surface area (Å²) in [5.41, 5.74) is -7.38. The maximum absolute atomic E-state index is 14.6. The molecule has 0 radical (unpaired) electrons. The van der Waals surface area contributed by atoms with Crippen LogP contribution in [0, 0.1) is 5.41 Å². The van der Waals surface area contributed by atoms with Crippen molar-refractivity contribution < 1.29 is 57.5 Å². The average molecular weight is 931 g/mol. The molecule has 0 saturated carbocycles. The Balaban J connectivity index is 1.60. The molecule has 63 heavy (non-hydrogen) atoms. The Morgan fingerprint density at radius 2 is 0.952 bits per heavy atom. The summed E-state index contributed by atoms with van der Waals surface area (Å²) in [6.45, 7) is 4.88. The molecule has 0 aliphatic carbocycles. The molecule has 4 nitrogen and oxygen atoms in total. The maximum Gasteiger partial charge on any atom is 0.416 e. The zero-order chi connectivity index (χ0) is 46.6. The van der Waals surface area contributed by atoms with E-state index in [2.05, 4.69) is 16.0 Å². The summed E-state index contributed by atoms with van der Waals surface area (Å²) in [6.07, 6.45) is -20.7. The summed E-state index contributed by atoms with van der Waals surface area (Å²) in [4.78, 5) is 14.6. The Labute approximate surface area is 361 Å². The third-order valence-electron chi connectivity index (χ3n) is 10.1. The molecule has 5 aromatic rings. The lowest BCUT2D eigenvalue weighted by Crippen LogP contribution is -2.57. The van der Waals surface area contributed by atoms with Gasteiger partial charge in [-0.2, -0.15) is 52.7 Å². The van der Waals surface area contributed by atoms with Crippen LogP contribution >= 0.6 is 19.5 Å². The van der Waals surface area contributed by atoms with E-state index in [1.165, 1.54) is 0 Å². The van der Waals surface area contributed by atoms with Gasteiger partial charge in [-0.1, -0.05) is 87.5 Å². The minimum Gasteiger partial charge on any atom is -0.350 e. The Hall–Kier alpha value is -5.15. The molecule has 5 aromatic carbocycles. The van der Waals surface area contributed by atoms with Gasteiger partial charge in [0.05, 0.1) is 58.5 Å². The normalized spacial score (nSPS) is 13.8. The number of benzene rings is 5. The van der Waals surface area contributed by atoms with Crippen molar-refractivity contribution in [3.05, 3.63) is 161 Å². The summed E-state index contributed by atoms with van der Waals surface area (Å²) in [5, 5.41) is 8.86. The Morgan fingerprint density at radius 3 is 1.35 bits per heavy atom. The van der Waals surface area contributed by atoms with E-state index in [1.54, 1.807) is 112 Å². The zero-order valence-electron chi connectivity index (χ0n) is 33.7. The van der Waals surface area contributed by atoms with Gasteiger partial charge in [-0.25, -0.2) is 0 Å². The van der Waals surface area contributed by atoms with Crippen LogP contribution in [0.1, 0.15) is 54.2 Å². The third kappa shape index (κ3) is 13.0. The molecule has 18 heteroatoms. The van der Waals surface area contributed by atoms with Crippen LogP contribution in [0.2, 0.25) is 0 Å². The van der Waals surface area contributed by atoms with E-state index >= 15 is 0 Å². The minimum absolute atomic E-state index is 0.00324. The molecule has 0 aliphatic rings. The van der Waals surface area contributed by atoms with Crippen molar-refractivity contribution in [3.63, 3.8) is 0 Å². The number of carbonyl (C=O) groups is 1. The van der Waals surface area contributed by atoms with Crippen LogP contribution in [0.15, 0.2) is 127 Å². The predicted molar refractivity (Wildman–Crippen MR) is 225 cm³/mol. The van der Waals surface area contributed by atoms with E-state index in [0.717, 1.165) is 0 Å². The Bertz CT molecular complexity index is 2240. The molecule has 3 N–H and O–H groups in total. The molecule has 0 unspecified atom stereocenters. The van der Waals surface area contributed by atoms with E-state index in [-0.39, 0.29) is 36.4 Å². The highest BCUT2D eigenvalue weighted by Gasteiger charge is 2.47. The number of hydrogen-bond acceptors (Lipinski definition) is 2. The van der Waals surface area contributed by atoms with E-state index in [1.807, 2.05) is 0 Å². The third-order valence-corrected chi connectivity index (χ3v) is 14.8. The van der Waals surface area contributed by atoms with Crippen molar-refractivity contribution in [1.29, 1.82) is 0 Å². The minimum atomic E-state index is -5.15. The highest BCUT2D eigenvalue weighted by atomic mass is 32.1. The molecule has 0 aliphatic heterocycles. The van der Waals surface area contributed by atoms with Crippen LogP contribution in [0.5, 0.6) is 0 Å². The molecule has 0 saturated heterocycles. The monoisotopic (exact) mass is 930 g/mol. The van der Waals surface area contributed by atoms with Gasteiger partial charge in [-0.15, -0.1) is 0 Å². The first kappa shape index (κ1) is 48.9. The van der Waals surface area contributed by atoms with Crippen LogP contribution in [0.4, 0.5) is 58.4 Å². The first-order valence-electron chi connectivity index (χ1n) is 19.1. The van der Waals surface area contributed by atoms with Gasteiger partial charge in [0.25, 0.3) is 0 Å². The molecule has 0 bridgehead atoms. The van der Waals surface area contributed by atoms with Gasteiger partial charge in [0.15, 0.2) is 5.11 Å². The smallest absolute Gasteiger partial charge is 0.350 e. The van der Waals surface area contributed by atoms with Crippen molar-refractivity contribution in [2.24, 2.45) is 5.41 Å². The summed E-state index contributed by atoms with van der Waals surface area (Å²) >= 11 is 5.33. The number of nitrogens with one attached hydrogen (secondary N) is 3. The largest absolute Gasteiger partial charge is 0.416 e. The zero-order valence-corrected chi connectivity index (χ0v) is 35.4. The molecule has 2 atom stereocenters. The molecule has 0 aromatic heterocycles. The van der Waals surface area contributed by atoms with Crippen LogP contribution in [0.3, 0.4) is 0 Å². The number of carbonyl (C=O) groups excluding carboxylic acids is 1. The van der Waals surface area contributed by atoms with Gasteiger partial charge >= 0.3 is 24.7 Å². The maximum atomic E-state index is 14.6. The number of anilines is 1. The first-order valence-corrected chi connectivity index (χ1v) is 21.7. The van der Waals surface area contributed by atoms with E-state index in [9.17, 15) is 57.5 Å². The number of rotatable bonds is 12. The fraction of sp³-hybridized carbons (Fsp3) is 0.289. The summed E-state index contributed by atoms with van der Waals surface area (Å²) < 4.78 is 167.